The minimum Gasteiger partial charge on any atom is -0.308 e. The van der Waals surface area contributed by atoms with Gasteiger partial charge in [0, 0.05) is 29.9 Å². The van der Waals surface area contributed by atoms with Gasteiger partial charge < -0.3 is 4.90 Å². The van der Waals surface area contributed by atoms with E-state index in [1.807, 2.05) is 6.07 Å². The lowest BCUT2D eigenvalue weighted by Gasteiger charge is -2.56. The van der Waals surface area contributed by atoms with Crippen LogP contribution >= 0.6 is 0 Å². The van der Waals surface area contributed by atoms with Crippen molar-refractivity contribution >= 4 is 17.4 Å². The third-order valence-electron chi connectivity index (χ3n) is 10.4. The number of carbonyl (C=O) groups excluding carboxylic acids is 2. The Labute approximate surface area is 217 Å². The number of hydrogen-bond acceptors (Lipinski definition) is 4. The number of nitrogens with zero attached hydrogens (tertiary/aromatic N) is 3. The first kappa shape index (κ1) is 24.6. The predicted molar refractivity (Wildman–Crippen MR) is 144 cm³/mol. The number of rotatable bonds is 6. The van der Waals surface area contributed by atoms with Crippen molar-refractivity contribution in [2.45, 2.75) is 121 Å². The second-order valence-electron chi connectivity index (χ2n) is 12.7. The SMILES string of the molecule is CC(=O)C1CCCN1CC(=O)N(c1ccccc1)[C@H]1C[C@H]2CCC[C@@H](C1)N2[C@H]1C[C@@H]2CCC[C@@H](C2)C1. The van der Waals surface area contributed by atoms with Crippen molar-refractivity contribution in [1.82, 2.24) is 9.80 Å². The Morgan fingerprint density at radius 1 is 0.806 bits per heavy atom. The summed E-state index contributed by atoms with van der Waals surface area (Å²) >= 11 is 0. The van der Waals surface area contributed by atoms with Crippen LogP contribution in [0.3, 0.4) is 0 Å². The van der Waals surface area contributed by atoms with Crippen LogP contribution in [0.1, 0.15) is 90.4 Å². The highest BCUT2D eigenvalue weighted by Crippen LogP contribution is 2.46. The zero-order valence-corrected chi connectivity index (χ0v) is 22.2. The number of carbonyl (C=O) groups is 2. The van der Waals surface area contributed by atoms with E-state index in [4.69, 9.17) is 0 Å². The molecule has 2 saturated carbocycles. The van der Waals surface area contributed by atoms with E-state index in [1.165, 1.54) is 57.8 Å². The molecule has 5 nitrogen and oxygen atoms in total. The maximum atomic E-state index is 14.0. The standard InChI is InChI=1S/C31H45N3O2/c1-22(35)30-14-7-15-32(30)21-31(36)34(25-10-3-2-4-11-25)29-19-26-12-6-13-27(20-29)33(26)28-17-23-8-5-9-24(16-23)18-28/h2-4,10-11,23-24,26-30H,5-9,12-21H2,1H3/t23-,24+,26-,27+,28+,29+,30?. The number of ketones is 1. The van der Waals surface area contributed by atoms with Crippen LogP contribution in [0.5, 0.6) is 0 Å². The number of para-hydroxylation sites is 1. The predicted octanol–water partition coefficient (Wildman–Crippen LogP) is 5.43. The van der Waals surface area contributed by atoms with Gasteiger partial charge in [0.1, 0.15) is 5.78 Å². The molecule has 0 aromatic heterocycles. The van der Waals surface area contributed by atoms with Crippen LogP contribution in [0.4, 0.5) is 5.69 Å². The van der Waals surface area contributed by atoms with Gasteiger partial charge in [-0.25, -0.2) is 0 Å². The first-order valence-electron chi connectivity index (χ1n) is 15.0. The molecule has 6 rings (SSSR count). The number of fused-ring (bicyclic) bond motifs is 4. The summed E-state index contributed by atoms with van der Waals surface area (Å²) in [4.78, 5) is 33.4. The van der Waals surface area contributed by atoms with Crippen molar-refractivity contribution in [3.63, 3.8) is 0 Å². The molecule has 2 aliphatic carbocycles. The van der Waals surface area contributed by atoms with Gasteiger partial charge in [-0.05, 0) is 95.2 Å². The van der Waals surface area contributed by atoms with Gasteiger partial charge in [0.05, 0.1) is 12.6 Å². The van der Waals surface area contributed by atoms with Crippen LogP contribution in [0.2, 0.25) is 0 Å². The summed E-state index contributed by atoms with van der Waals surface area (Å²) in [5.41, 5.74) is 1.03. The Kier molecular flexibility index (Phi) is 7.22. The number of likely N-dealkylation sites (tertiary alicyclic amines) is 1. The molecule has 1 unspecified atom stereocenters. The number of amides is 1. The highest BCUT2D eigenvalue weighted by Gasteiger charge is 2.46. The summed E-state index contributed by atoms with van der Waals surface area (Å²) in [6.45, 7) is 2.89. The molecule has 3 saturated heterocycles. The van der Waals surface area contributed by atoms with E-state index in [2.05, 4.69) is 39.0 Å². The molecule has 1 aromatic carbocycles. The van der Waals surface area contributed by atoms with Crippen LogP contribution in [0, 0.1) is 11.8 Å². The lowest BCUT2D eigenvalue weighted by molar-refractivity contribution is -0.124. The normalized spacial score (nSPS) is 37.0. The average Bonchev–Trinajstić information content (AvgIpc) is 3.32. The first-order chi connectivity index (χ1) is 17.6. The monoisotopic (exact) mass is 491 g/mol. The van der Waals surface area contributed by atoms with Gasteiger partial charge in [0.25, 0.3) is 0 Å². The number of benzene rings is 1. The summed E-state index contributed by atoms with van der Waals surface area (Å²) in [5.74, 6) is 2.29. The lowest BCUT2D eigenvalue weighted by Crippen LogP contribution is -2.62. The van der Waals surface area contributed by atoms with Crippen LogP contribution in [0.25, 0.3) is 0 Å². The highest BCUT2D eigenvalue weighted by atomic mass is 16.2. The molecule has 3 aliphatic heterocycles. The molecule has 36 heavy (non-hydrogen) atoms. The van der Waals surface area contributed by atoms with Gasteiger partial charge in [-0.3, -0.25) is 19.4 Å². The number of hydrogen-bond donors (Lipinski definition) is 0. The van der Waals surface area contributed by atoms with Crippen molar-refractivity contribution in [3.05, 3.63) is 30.3 Å². The molecular formula is C31H45N3O2. The largest absolute Gasteiger partial charge is 0.308 e. The zero-order chi connectivity index (χ0) is 24.6. The van der Waals surface area contributed by atoms with Crippen LogP contribution < -0.4 is 4.90 Å². The van der Waals surface area contributed by atoms with Gasteiger partial charge in [-0.1, -0.05) is 43.9 Å². The van der Waals surface area contributed by atoms with Crippen LogP contribution in [-0.2, 0) is 9.59 Å². The minimum absolute atomic E-state index is 0.0847. The first-order valence-corrected chi connectivity index (χ1v) is 15.0. The zero-order valence-electron chi connectivity index (χ0n) is 22.2. The van der Waals surface area contributed by atoms with Gasteiger partial charge in [0.2, 0.25) is 5.91 Å². The van der Waals surface area contributed by atoms with E-state index in [1.54, 1.807) is 6.92 Å². The van der Waals surface area contributed by atoms with Crippen molar-refractivity contribution in [2.24, 2.45) is 11.8 Å². The quantitative estimate of drug-likeness (QED) is 0.532. The fraction of sp³-hybridized carbons (Fsp3) is 0.742. The van der Waals surface area contributed by atoms with Gasteiger partial charge in [-0.2, -0.15) is 0 Å². The fourth-order valence-electron chi connectivity index (χ4n) is 9.01. The second kappa shape index (κ2) is 10.6. The Balaban J connectivity index is 1.22. The van der Waals surface area contributed by atoms with Crippen molar-refractivity contribution < 1.29 is 9.59 Å². The summed E-state index contributed by atoms with van der Waals surface area (Å²) in [7, 11) is 0. The molecular weight excluding hydrogens is 446 g/mol. The minimum atomic E-state index is -0.0847. The Morgan fingerprint density at radius 3 is 2.14 bits per heavy atom. The summed E-state index contributed by atoms with van der Waals surface area (Å²) < 4.78 is 0. The fourth-order valence-corrected chi connectivity index (χ4v) is 9.01. The molecule has 5 fully saturated rings. The summed E-state index contributed by atoms with van der Waals surface area (Å²) in [6.07, 6.45) is 16.7. The molecule has 1 aromatic rings. The van der Waals surface area contributed by atoms with E-state index in [9.17, 15) is 9.59 Å². The third-order valence-corrected chi connectivity index (χ3v) is 10.4. The maximum Gasteiger partial charge on any atom is 0.241 e. The average molecular weight is 492 g/mol. The number of piperidine rings is 2. The Morgan fingerprint density at radius 2 is 1.47 bits per heavy atom. The van der Waals surface area contributed by atoms with Gasteiger partial charge in [-0.15, -0.1) is 0 Å². The van der Waals surface area contributed by atoms with Crippen molar-refractivity contribution in [2.75, 3.05) is 18.0 Å². The molecule has 5 aliphatic rings. The van der Waals surface area contributed by atoms with E-state index < -0.39 is 0 Å². The van der Waals surface area contributed by atoms with Crippen molar-refractivity contribution in [1.29, 1.82) is 0 Å². The molecule has 4 bridgehead atoms. The highest BCUT2D eigenvalue weighted by molar-refractivity contribution is 5.96. The Hall–Kier alpha value is -1.72. The molecule has 5 heteroatoms. The van der Waals surface area contributed by atoms with Gasteiger partial charge in [0.15, 0.2) is 0 Å². The van der Waals surface area contributed by atoms with Crippen molar-refractivity contribution in [3.8, 4) is 0 Å². The third kappa shape index (κ3) is 4.90. The lowest BCUT2D eigenvalue weighted by atomic mass is 9.68. The number of anilines is 1. The molecule has 0 radical (unpaired) electrons. The Bertz CT molecular complexity index is 909. The van der Waals surface area contributed by atoms with E-state index in [0.29, 0.717) is 18.6 Å². The van der Waals surface area contributed by atoms with Gasteiger partial charge >= 0.3 is 0 Å². The molecule has 7 atom stereocenters. The second-order valence-corrected chi connectivity index (χ2v) is 12.7. The summed E-state index contributed by atoms with van der Waals surface area (Å²) in [6, 6.07) is 12.5. The smallest absolute Gasteiger partial charge is 0.241 e. The molecule has 1 amide bonds. The topological polar surface area (TPSA) is 43.9 Å². The van der Waals surface area contributed by atoms with Crippen LogP contribution in [0.15, 0.2) is 30.3 Å². The molecule has 3 heterocycles. The van der Waals surface area contributed by atoms with E-state index in [-0.39, 0.29) is 23.8 Å². The number of Topliss-reactive ketones (excluding diaryl/α,β-unsaturated/α-hetero) is 1. The molecule has 196 valence electrons. The molecule has 0 spiro atoms. The summed E-state index contributed by atoms with van der Waals surface area (Å²) in [5, 5.41) is 0. The van der Waals surface area contributed by atoms with E-state index >= 15 is 0 Å². The maximum absolute atomic E-state index is 14.0. The van der Waals surface area contributed by atoms with Crippen LogP contribution in [-0.4, -0.2) is 64.8 Å². The molecule has 0 N–H and O–H groups in total. The van der Waals surface area contributed by atoms with E-state index in [0.717, 1.165) is 55.8 Å².